The lowest BCUT2D eigenvalue weighted by atomic mass is 9.84. The number of nitrogens with zero attached hydrogens (tertiary/aromatic N) is 1. The number of rotatable bonds is 8. The molecule has 2 bridgehead atoms. The highest BCUT2D eigenvalue weighted by Crippen LogP contribution is 2.39. The third-order valence-corrected chi connectivity index (χ3v) is 7.28. The van der Waals surface area contributed by atoms with Crippen LogP contribution in [0.15, 0.2) is 42.5 Å². The second kappa shape index (κ2) is 10.2. The standard InChI is InChI=1S/C27H33N3O4/c1-33-14-4-11-28-26(31)21-7-2-5-19(15-21)22-8-3-6-20-16-24(34-25(20)22)27(32)29-23-17-30-12-9-18(23)10-13-30/h2-3,5-8,15,18,23-24H,4,9-14,16-17H2,1H3,(H,28,31)(H,29,32)/t23-,24?/m0/s1. The molecule has 0 spiro atoms. The summed E-state index contributed by atoms with van der Waals surface area (Å²) in [6.45, 7) is 4.42. The van der Waals surface area contributed by atoms with Crippen LogP contribution in [0.2, 0.25) is 0 Å². The molecule has 2 amide bonds. The molecule has 4 aliphatic heterocycles. The van der Waals surface area contributed by atoms with Gasteiger partial charge in [-0.3, -0.25) is 9.59 Å². The van der Waals surface area contributed by atoms with E-state index in [-0.39, 0.29) is 17.9 Å². The molecule has 2 aromatic carbocycles. The Hall–Kier alpha value is -2.90. The van der Waals surface area contributed by atoms with Crippen molar-refractivity contribution in [1.29, 1.82) is 0 Å². The van der Waals surface area contributed by atoms with Crippen molar-refractivity contribution >= 4 is 11.8 Å². The first-order valence-corrected chi connectivity index (χ1v) is 12.3. The van der Waals surface area contributed by atoms with E-state index in [9.17, 15) is 9.59 Å². The number of hydrogen-bond acceptors (Lipinski definition) is 5. The van der Waals surface area contributed by atoms with Gasteiger partial charge in [-0.25, -0.2) is 0 Å². The lowest BCUT2D eigenvalue weighted by Crippen LogP contribution is -2.58. The van der Waals surface area contributed by atoms with Gasteiger partial charge >= 0.3 is 0 Å². The van der Waals surface area contributed by atoms with Crippen molar-refractivity contribution in [2.24, 2.45) is 5.92 Å². The Balaban J connectivity index is 1.27. The molecule has 7 nitrogen and oxygen atoms in total. The molecule has 0 radical (unpaired) electrons. The molecule has 0 saturated carbocycles. The maximum absolute atomic E-state index is 13.1. The number of carbonyl (C=O) groups is 2. The van der Waals surface area contributed by atoms with Crippen molar-refractivity contribution < 1.29 is 19.1 Å². The zero-order valence-electron chi connectivity index (χ0n) is 19.7. The van der Waals surface area contributed by atoms with Gasteiger partial charge in [0.1, 0.15) is 5.75 Å². The van der Waals surface area contributed by atoms with Crippen LogP contribution in [-0.4, -0.2) is 68.8 Å². The van der Waals surface area contributed by atoms with Gasteiger partial charge in [0.2, 0.25) is 0 Å². The predicted molar refractivity (Wildman–Crippen MR) is 130 cm³/mol. The number of methoxy groups -OCH3 is 1. The van der Waals surface area contributed by atoms with Gasteiger partial charge in [0.05, 0.1) is 0 Å². The summed E-state index contributed by atoms with van der Waals surface area (Å²) in [7, 11) is 1.65. The van der Waals surface area contributed by atoms with Crippen molar-refractivity contribution in [1.82, 2.24) is 15.5 Å². The minimum absolute atomic E-state index is 0.0231. The minimum atomic E-state index is -0.515. The van der Waals surface area contributed by atoms with E-state index in [2.05, 4.69) is 15.5 Å². The predicted octanol–water partition coefficient (Wildman–Crippen LogP) is 2.63. The molecule has 0 aromatic heterocycles. The average Bonchev–Trinajstić information content (AvgIpc) is 3.32. The van der Waals surface area contributed by atoms with Crippen LogP contribution in [0, 0.1) is 5.92 Å². The summed E-state index contributed by atoms with van der Waals surface area (Å²) in [6, 6.07) is 13.8. The van der Waals surface area contributed by atoms with E-state index in [0.717, 1.165) is 61.3 Å². The smallest absolute Gasteiger partial charge is 0.261 e. The second-order valence-electron chi connectivity index (χ2n) is 9.54. The van der Waals surface area contributed by atoms with Gasteiger partial charge in [-0.2, -0.15) is 0 Å². The monoisotopic (exact) mass is 463 g/mol. The van der Waals surface area contributed by atoms with E-state index in [4.69, 9.17) is 9.47 Å². The quantitative estimate of drug-likeness (QED) is 0.589. The molecular weight excluding hydrogens is 430 g/mol. The van der Waals surface area contributed by atoms with Crippen molar-refractivity contribution in [3.05, 3.63) is 53.6 Å². The van der Waals surface area contributed by atoms with Gasteiger partial charge in [0, 0.05) is 50.4 Å². The third kappa shape index (κ3) is 4.81. The summed E-state index contributed by atoms with van der Waals surface area (Å²) in [5.74, 6) is 1.19. The molecule has 4 heterocycles. The zero-order valence-corrected chi connectivity index (χ0v) is 19.7. The van der Waals surface area contributed by atoms with Crippen LogP contribution in [0.1, 0.15) is 35.2 Å². The SMILES string of the molecule is COCCCNC(=O)c1cccc(-c2cccc3c2OC(C(=O)N[C@H]2CN4CCC2CC4)C3)c1. The topological polar surface area (TPSA) is 79.9 Å². The maximum atomic E-state index is 13.1. The number of piperidine rings is 3. The Morgan fingerprint density at radius 3 is 2.74 bits per heavy atom. The van der Waals surface area contributed by atoms with Crippen LogP contribution in [0.3, 0.4) is 0 Å². The number of hydrogen-bond donors (Lipinski definition) is 2. The number of para-hydroxylation sites is 1. The number of ether oxygens (including phenoxy) is 2. The van der Waals surface area contributed by atoms with Crippen molar-refractivity contribution in [3.63, 3.8) is 0 Å². The summed E-state index contributed by atoms with van der Waals surface area (Å²) >= 11 is 0. The molecule has 2 N–H and O–H groups in total. The molecule has 4 aliphatic rings. The van der Waals surface area contributed by atoms with Crippen molar-refractivity contribution in [2.75, 3.05) is 39.9 Å². The molecule has 7 heteroatoms. The largest absolute Gasteiger partial charge is 0.479 e. The number of fused-ring (bicyclic) bond motifs is 4. The van der Waals surface area contributed by atoms with Crippen LogP contribution < -0.4 is 15.4 Å². The fourth-order valence-electron chi connectivity index (χ4n) is 5.39. The van der Waals surface area contributed by atoms with E-state index in [1.807, 2.05) is 42.5 Å². The van der Waals surface area contributed by atoms with Gasteiger partial charge in [0.25, 0.3) is 11.8 Å². The Bertz CT molecular complexity index is 1050. The Labute approximate surface area is 200 Å². The van der Waals surface area contributed by atoms with E-state index in [1.54, 1.807) is 7.11 Å². The maximum Gasteiger partial charge on any atom is 0.261 e. The lowest BCUT2D eigenvalue weighted by Gasteiger charge is -2.45. The number of carbonyl (C=O) groups excluding carboxylic acids is 2. The van der Waals surface area contributed by atoms with E-state index in [1.165, 1.54) is 0 Å². The first-order chi connectivity index (χ1) is 16.6. The first kappa shape index (κ1) is 22.9. The second-order valence-corrected chi connectivity index (χ2v) is 9.54. The minimum Gasteiger partial charge on any atom is -0.479 e. The van der Waals surface area contributed by atoms with E-state index >= 15 is 0 Å². The number of benzene rings is 2. The summed E-state index contributed by atoms with van der Waals surface area (Å²) in [6.07, 6.45) is 3.15. The summed E-state index contributed by atoms with van der Waals surface area (Å²) in [5.41, 5.74) is 3.44. The molecule has 0 aliphatic carbocycles. The van der Waals surface area contributed by atoms with Gasteiger partial charge in [-0.05, 0) is 61.5 Å². The fraction of sp³-hybridized carbons (Fsp3) is 0.481. The molecule has 180 valence electrons. The van der Waals surface area contributed by atoms with Crippen LogP contribution in [-0.2, 0) is 16.0 Å². The van der Waals surface area contributed by atoms with Crippen molar-refractivity contribution in [3.8, 4) is 16.9 Å². The molecule has 3 fully saturated rings. The van der Waals surface area contributed by atoms with Crippen LogP contribution in [0.5, 0.6) is 5.75 Å². The van der Waals surface area contributed by atoms with E-state index < -0.39 is 6.10 Å². The van der Waals surface area contributed by atoms with Gasteiger partial charge in [-0.15, -0.1) is 0 Å². The Kier molecular flexibility index (Phi) is 6.83. The van der Waals surface area contributed by atoms with Gasteiger partial charge in [-0.1, -0.05) is 30.3 Å². The van der Waals surface area contributed by atoms with Crippen molar-refractivity contribution in [2.45, 2.75) is 37.8 Å². The summed E-state index contributed by atoms with van der Waals surface area (Å²) in [5, 5.41) is 6.20. The molecular formula is C27H33N3O4. The molecule has 3 saturated heterocycles. The molecule has 2 aromatic rings. The van der Waals surface area contributed by atoms with Crippen LogP contribution in [0.25, 0.3) is 11.1 Å². The Morgan fingerprint density at radius 2 is 1.97 bits per heavy atom. The van der Waals surface area contributed by atoms with Crippen LogP contribution in [0.4, 0.5) is 0 Å². The fourth-order valence-corrected chi connectivity index (χ4v) is 5.39. The third-order valence-electron chi connectivity index (χ3n) is 7.28. The Morgan fingerprint density at radius 1 is 1.15 bits per heavy atom. The lowest BCUT2D eigenvalue weighted by molar-refractivity contribution is -0.129. The van der Waals surface area contributed by atoms with Crippen LogP contribution >= 0.6 is 0 Å². The van der Waals surface area contributed by atoms with Gasteiger partial charge < -0.3 is 25.0 Å². The number of nitrogens with one attached hydrogen (secondary N) is 2. The molecule has 1 unspecified atom stereocenters. The zero-order chi connectivity index (χ0) is 23.5. The normalized spacial score (nSPS) is 24.9. The highest BCUT2D eigenvalue weighted by atomic mass is 16.5. The summed E-state index contributed by atoms with van der Waals surface area (Å²) in [4.78, 5) is 28.1. The molecule has 6 rings (SSSR count). The molecule has 34 heavy (non-hydrogen) atoms. The average molecular weight is 464 g/mol. The molecule has 2 atom stereocenters. The first-order valence-electron chi connectivity index (χ1n) is 12.3. The van der Waals surface area contributed by atoms with E-state index in [0.29, 0.717) is 31.1 Å². The highest BCUT2D eigenvalue weighted by Gasteiger charge is 2.38. The summed E-state index contributed by atoms with van der Waals surface area (Å²) < 4.78 is 11.3. The highest BCUT2D eigenvalue weighted by molar-refractivity contribution is 5.95. The van der Waals surface area contributed by atoms with Gasteiger partial charge in [0.15, 0.2) is 6.10 Å². The number of amides is 2.